The van der Waals surface area contributed by atoms with Crippen molar-refractivity contribution in [2.45, 2.75) is 51.7 Å². The topological polar surface area (TPSA) is 32.3 Å². The molecule has 1 fully saturated rings. The second-order valence-corrected chi connectivity index (χ2v) is 6.54. The fraction of sp³-hybridized carbons (Fsp3) is 1.00. The molecule has 1 aliphatic rings. The SMILES string of the molecule is CCC1CNC(C)CN1C(C)CCS(C)=O. The van der Waals surface area contributed by atoms with Crippen LogP contribution in [0.1, 0.15) is 33.6 Å². The van der Waals surface area contributed by atoms with Gasteiger partial charge in [-0.1, -0.05) is 6.92 Å². The van der Waals surface area contributed by atoms with Gasteiger partial charge in [0.2, 0.25) is 0 Å². The molecule has 96 valence electrons. The summed E-state index contributed by atoms with van der Waals surface area (Å²) in [6.45, 7) is 8.98. The lowest BCUT2D eigenvalue weighted by atomic mass is 10.0. The van der Waals surface area contributed by atoms with Crippen LogP contribution in [0.5, 0.6) is 0 Å². The first-order chi connectivity index (χ1) is 7.54. The summed E-state index contributed by atoms with van der Waals surface area (Å²) in [4.78, 5) is 2.59. The van der Waals surface area contributed by atoms with Gasteiger partial charge in [-0.05, 0) is 26.7 Å². The van der Waals surface area contributed by atoms with E-state index in [2.05, 4.69) is 31.0 Å². The van der Waals surface area contributed by atoms with Crippen LogP contribution in [0, 0.1) is 0 Å². The Morgan fingerprint density at radius 2 is 2.25 bits per heavy atom. The van der Waals surface area contributed by atoms with Crippen molar-refractivity contribution >= 4 is 10.8 Å². The maximum Gasteiger partial charge on any atom is 0.0246 e. The van der Waals surface area contributed by atoms with Crippen molar-refractivity contribution < 1.29 is 4.21 Å². The van der Waals surface area contributed by atoms with Crippen LogP contribution in [-0.2, 0) is 10.8 Å². The molecule has 0 saturated carbocycles. The Kier molecular flexibility index (Phi) is 5.94. The Labute approximate surface area is 102 Å². The predicted molar refractivity (Wildman–Crippen MR) is 71.3 cm³/mol. The zero-order valence-corrected chi connectivity index (χ0v) is 11.8. The molecule has 16 heavy (non-hydrogen) atoms. The molecule has 1 heterocycles. The van der Waals surface area contributed by atoms with E-state index in [0.29, 0.717) is 18.1 Å². The Morgan fingerprint density at radius 3 is 2.81 bits per heavy atom. The van der Waals surface area contributed by atoms with Gasteiger partial charge < -0.3 is 5.32 Å². The van der Waals surface area contributed by atoms with E-state index in [9.17, 15) is 4.21 Å². The van der Waals surface area contributed by atoms with Crippen molar-refractivity contribution in [1.82, 2.24) is 10.2 Å². The molecule has 4 atom stereocenters. The lowest BCUT2D eigenvalue weighted by Gasteiger charge is -2.42. The van der Waals surface area contributed by atoms with Gasteiger partial charge >= 0.3 is 0 Å². The zero-order chi connectivity index (χ0) is 12.1. The van der Waals surface area contributed by atoms with Gasteiger partial charge in [0.25, 0.3) is 0 Å². The molecule has 0 amide bonds. The second-order valence-electron chi connectivity index (χ2n) is 4.98. The van der Waals surface area contributed by atoms with E-state index in [1.54, 1.807) is 6.26 Å². The minimum absolute atomic E-state index is 0.554. The Bertz CT molecular complexity index is 235. The summed E-state index contributed by atoms with van der Waals surface area (Å²) < 4.78 is 11.1. The van der Waals surface area contributed by atoms with Crippen molar-refractivity contribution in [3.05, 3.63) is 0 Å². The minimum atomic E-state index is -0.655. The fourth-order valence-corrected chi connectivity index (χ4v) is 3.08. The van der Waals surface area contributed by atoms with Crippen molar-refractivity contribution in [2.75, 3.05) is 25.1 Å². The van der Waals surface area contributed by atoms with E-state index in [-0.39, 0.29) is 0 Å². The quantitative estimate of drug-likeness (QED) is 0.791. The van der Waals surface area contributed by atoms with Crippen LogP contribution in [-0.4, -0.2) is 52.3 Å². The molecule has 0 aromatic rings. The summed E-state index contributed by atoms with van der Waals surface area (Å²) in [5, 5.41) is 3.53. The molecule has 4 heteroatoms. The highest BCUT2D eigenvalue weighted by atomic mass is 32.2. The summed E-state index contributed by atoms with van der Waals surface area (Å²) in [5.41, 5.74) is 0. The first-order valence-electron chi connectivity index (χ1n) is 6.33. The Hall–Kier alpha value is 0.0700. The number of hydrogen-bond acceptors (Lipinski definition) is 3. The van der Waals surface area contributed by atoms with Crippen LogP contribution in [0.15, 0.2) is 0 Å². The monoisotopic (exact) mass is 246 g/mol. The van der Waals surface area contributed by atoms with Gasteiger partial charge in [-0.25, -0.2) is 0 Å². The molecule has 1 rings (SSSR count). The third-order valence-electron chi connectivity index (χ3n) is 3.52. The molecule has 0 spiro atoms. The van der Waals surface area contributed by atoms with Crippen LogP contribution in [0.2, 0.25) is 0 Å². The fourth-order valence-electron chi connectivity index (χ4n) is 2.41. The van der Waals surface area contributed by atoms with E-state index >= 15 is 0 Å². The molecule has 0 aromatic carbocycles. The first kappa shape index (κ1) is 14.1. The van der Waals surface area contributed by atoms with Crippen molar-refractivity contribution in [2.24, 2.45) is 0 Å². The van der Waals surface area contributed by atoms with Gasteiger partial charge in [-0.2, -0.15) is 0 Å². The van der Waals surface area contributed by atoms with Crippen molar-refractivity contribution in [3.63, 3.8) is 0 Å². The van der Waals surface area contributed by atoms with Gasteiger partial charge in [0.05, 0.1) is 0 Å². The van der Waals surface area contributed by atoms with Crippen LogP contribution in [0.3, 0.4) is 0 Å². The van der Waals surface area contributed by atoms with Crippen LogP contribution >= 0.6 is 0 Å². The summed E-state index contributed by atoms with van der Waals surface area (Å²) in [6, 6.07) is 1.78. The molecule has 1 N–H and O–H groups in total. The van der Waals surface area contributed by atoms with Crippen LogP contribution < -0.4 is 5.32 Å². The Balaban J connectivity index is 2.49. The highest BCUT2D eigenvalue weighted by Crippen LogP contribution is 2.16. The summed E-state index contributed by atoms with van der Waals surface area (Å²) in [6.07, 6.45) is 4.04. The molecule has 0 aliphatic carbocycles. The van der Waals surface area contributed by atoms with Gasteiger partial charge in [0.15, 0.2) is 0 Å². The highest BCUT2D eigenvalue weighted by molar-refractivity contribution is 7.84. The molecular formula is C12H26N2OS. The smallest absolute Gasteiger partial charge is 0.0246 e. The number of piperazine rings is 1. The molecule has 0 bridgehead atoms. The van der Waals surface area contributed by atoms with Crippen LogP contribution in [0.25, 0.3) is 0 Å². The normalized spacial score (nSPS) is 31.2. The van der Waals surface area contributed by atoms with Gasteiger partial charge in [-0.15, -0.1) is 0 Å². The molecule has 1 saturated heterocycles. The molecule has 0 aromatic heterocycles. The highest BCUT2D eigenvalue weighted by Gasteiger charge is 2.27. The lowest BCUT2D eigenvalue weighted by Crippen LogP contribution is -2.58. The Morgan fingerprint density at radius 1 is 1.56 bits per heavy atom. The number of nitrogens with zero attached hydrogens (tertiary/aromatic N) is 1. The van der Waals surface area contributed by atoms with Gasteiger partial charge in [0, 0.05) is 54.0 Å². The van der Waals surface area contributed by atoms with Crippen molar-refractivity contribution in [3.8, 4) is 0 Å². The van der Waals surface area contributed by atoms with E-state index in [4.69, 9.17) is 0 Å². The minimum Gasteiger partial charge on any atom is -0.311 e. The third-order valence-corrected chi connectivity index (χ3v) is 4.33. The molecule has 3 nitrogen and oxygen atoms in total. The maximum atomic E-state index is 11.1. The van der Waals surface area contributed by atoms with E-state index in [1.807, 2.05) is 0 Å². The molecule has 1 aliphatic heterocycles. The standard InChI is InChI=1S/C12H26N2OS/c1-5-12-8-13-10(2)9-14(12)11(3)6-7-16(4)15/h10-13H,5-9H2,1-4H3. The average molecular weight is 246 g/mol. The largest absolute Gasteiger partial charge is 0.311 e. The molecule has 0 radical (unpaired) electrons. The number of hydrogen-bond donors (Lipinski definition) is 1. The maximum absolute atomic E-state index is 11.1. The third kappa shape index (κ3) is 4.15. The number of nitrogens with one attached hydrogen (secondary N) is 1. The average Bonchev–Trinajstić information content (AvgIpc) is 2.25. The molecule has 4 unspecified atom stereocenters. The molecular weight excluding hydrogens is 220 g/mol. The lowest BCUT2D eigenvalue weighted by molar-refractivity contribution is 0.0891. The summed E-state index contributed by atoms with van der Waals surface area (Å²) >= 11 is 0. The zero-order valence-electron chi connectivity index (χ0n) is 11.0. The van der Waals surface area contributed by atoms with Crippen LogP contribution in [0.4, 0.5) is 0 Å². The van der Waals surface area contributed by atoms with Gasteiger partial charge in [-0.3, -0.25) is 9.11 Å². The van der Waals surface area contributed by atoms with Gasteiger partial charge in [0.1, 0.15) is 0 Å². The predicted octanol–water partition coefficient (Wildman–Crippen LogP) is 1.22. The summed E-state index contributed by atoms with van der Waals surface area (Å²) in [7, 11) is -0.655. The van der Waals surface area contributed by atoms with Crippen molar-refractivity contribution in [1.29, 1.82) is 0 Å². The van der Waals surface area contributed by atoms with E-state index in [0.717, 1.165) is 25.3 Å². The number of rotatable bonds is 5. The first-order valence-corrected chi connectivity index (χ1v) is 8.06. The summed E-state index contributed by atoms with van der Waals surface area (Å²) in [5.74, 6) is 0.829. The van der Waals surface area contributed by atoms with E-state index in [1.165, 1.54) is 6.42 Å². The van der Waals surface area contributed by atoms with E-state index < -0.39 is 10.8 Å². The second kappa shape index (κ2) is 6.72.